The second-order valence-corrected chi connectivity index (χ2v) is 9.05. The largest absolute Gasteiger partial charge is 0.450 e. The van der Waals surface area contributed by atoms with Crippen molar-refractivity contribution in [3.8, 4) is 0 Å². The van der Waals surface area contributed by atoms with Gasteiger partial charge in [0, 0.05) is 18.7 Å². The lowest BCUT2D eigenvalue weighted by atomic mass is 10.3. The zero-order chi connectivity index (χ0) is 21.3. The van der Waals surface area contributed by atoms with Gasteiger partial charge in [-0.15, -0.1) is 0 Å². The molecule has 9 heteroatoms. The summed E-state index contributed by atoms with van der Waals surface area (Å²) < 4.78 is 8.04. The molecule has 0 spiro atoms. The Morgan fingerprint density at radius 1 is 1.23 bits per heavy atom. The Kier molecular flexibility index (Phi) is 6.03. The molecule has 0 aliphatic carbocycles. The number of carbonyl (C=O) groups excluding carboxylic acids is 2. The molecule has 3 aromatic rings. The van der Waals surface area contributed by atoms with Crippen molar-refractivity contribution >= 4 is 51.8 Å². The van der Waals surface area contributed by atoms with E-state index >= 15 is 0 Å². The third-order valence-corrected chi connectivity index (χ3v) is 6.41. The third-order valence-electron chi connectivity index (χ3n) is 4.61. The van der Waals surface area contributed by atoms with E-state index in [1.807, 2.05) is 44.2 Å². The first kappa shape index (κ1) is 20.8. The van der Waals surface area contributed by atoms with E-state index in [4.69, 9.17) is 15.1 Å². The predicted molar refractivity (Wildman–Crippen MR) is 119 cm³/mol. The van der Waals surface area contributed by atoms with Gasteiger partial charge >= 0.3 is 0 Å². The summed E-state index contributed by atoms with van der Waals surface area (Å²) in [6.07, 6.45) is 2.47. The molecular formula is C21H22N4O3S2. The first-order chi connectivity index (χ1) is 14.5. The lowest BCUT2D eigenvalue weighted by molar-refractivity contribution is -0.123. The molecule has 2 N–H and O–H groups in total. The second-order valence-electron chi connectivity index (χ2n) is 7.08. The van der Waals surface area contributed by atoms with Crippen LogP contribution in [0.3, 0.4) is 0 Å². The Morgan fingerprint density at radius 2 is 2.03 bits per heavy atom. The summed E-state index contributed by atoms with van der Waals surface area (Å²) in [4.78, 5) is 30.9. The molecule has 0 bridgehead atoms. The van der Waals surface area contributed by atoms with Gasteiger partial charge in [0.25, 0.3) is 11.1 Å². The fraction of sp³-hybridized carbons (Fsp3) is 0.286. The summed E-state index contributed by atoms with van der Waals surface area (Å²) >= 11 is 2.36. The molecule has 0 radical (unpaired) electrons. The zero-order valence-electron chi connectivity index (χ0n) is 16.7. The normalized spacial score (nSPS) is 16.0. The van der Waals surface area contributed by atoms with Gasteiger partial charge in [-0.3, -0.25) is 14.5 Å². The second kappa shape index (κ2) is 8.71. The number of nitrogens with two attached hydrogens (primary N) is 1. The van der Waals surface area contributed by atoms with Crippen molar-refractivity contribution in [1.29, 1.82) is 0 Å². The van der Waals surface area contributed by atoms with Gasteiger partial charge in [-0.2, -0.15) is 0 Å². The molecular weight excluding hydrogens is 420 g/mol. The maximum atomic E-state index is 12.4. The molecule has 4 rings (SSSR count). The molecule has 3 heterocycles. The van der Waals surface area contributed by atoms with E-state index in [1.165, 1.54) is 16.7 Å². The summed E-state index contributed by atoms with van der Waals surface area (Å²) in [5.41, 5.74) is 7.68. The van der Waals surface area contributed by atoms with Gasteiger partial charge in [0.15, 0.2) is 10.2 Å². The number of hydrogen-bond acceptors (Lipinski definition) is 7. The molecule has 1 aliphatic rings. The van der Waals surface area contributed by atoms with Gasteiger partial charge in [0.1, 0.15) is 5.76 Å². The van der Waals surface area contributed by atoms with Crippen LogP contribution in [0.2, 0.25) is 0 Å². The predicted octanol–water partition coefficient (Wildman–Crippen LogP) is 4.57. The van der Waals surface area contributed by atoms with E-state index in [-0.39, 0.29) is 17.2 Å². The zero-order valence-corrected chi connectivity index (χ0v) is 18.3. The highest BCUT2D eigenvalue weighted by atomic mass is 32.2. The first-order valence-corrected chi connectivity index (χ1v) is 11.3. The molecule has 1 aliphatic heterocycles. The summed E-state index contributed by atoms with van der Waals surface area (Å²) in [7, 11) is 0. The number of aromatic nitrogens is 2. The number of imidazole rings is 1. The minimum atomic E-state index is -0.283. The summed E-state index contributed by atoms with van der Waals surface area (Å²) in [5, 5.41) is 1.23. The van der Waals surface area contributed by atoms with E-state index in [2.05, 4.69) is 4.57 Å². The molecule has 2 amide bonds. The molecule has 0 saturated carbocycles. The smallest absolute Gasteiger partial charge is 0.293 e. The van der Waals surface area contributed by atoms with E-state index in [9.17, 15) is 9.59 Å². The SMILES string of the molecule is CC(C)N1C(=O)S/C(=C/c2ccc(Sc3nc4ccccc4n3CCCN)o2)C1=O. The van der Waals surface area contributed by atoms with Gasteiger partial charge < -0.3 is 14.7 Å². The number of fused-ring (bicyclic) bond motifs is 1. The van der Waals surface area contributed by atoms with Crippen LogP contribution >= 0.6 is 23.5 Å². The Hall–Kier alpha value is -2.49. The first-order valence-electron chi connectivity index (χ1n) is 9.68. The Morgan fingerprint density at radius 3 is 2.77 bits per heavy atom. The van der Waals surface area contributed by atoms with Gasteiger partial charge in [-0.25, -0.2) is 4.98 Å². The standard InChI is InChI=1S/C21H22N4O3S2/c1-13(2)25-19(26)17(29-21(25)27)12-14-8-9-18(28-14)30-20-23-15-6-3-4-7-16(15)24(20)11-5-10-22/h3-4,6-9,12-13H,5,10-11,22H2,1-2H3/b17-12+. The van der Waals surface area contributed by atoms with Crippen molar-refractivity contribution in [3.05, 3.63) is 47.1 Å². The van der Waals surface area contributed by atoms with Gasteiger partial charge in [-0.1, -0.05) is 12.1 Å². The average Bonchev–Trinajstić information content (AvgIpc) is 3.37. The van der Waals surface area contributed by atoms with Crippen molar-refractivity contribution < 1.29 is 14.0 Å². The fourth-order valence-corrected chi connectivity index (χ4v) is 5.05. The topological polar surface area (TPSA) is 94.4 Å². The van der Waals surface area contributed by atoms with Crippen molar-refractivity contribution in [2.24, 2.45) is 5.73 Å². The van der Waals surface area contributed by atoms with Crippen LogP contribution in [-0.4, -0.2) is 38.2 Å². The lowest BCUT2D eigenvalue weighted by Gasteiger charge is -2.16. The number of nitrogens with zero attached hydrogens (tertiary/aromatic N) is 3. The van der Waals surface area contributed by atoms with E-state index in [0.717, 1.165) is 40.9 Å². The number of rotatable bonds is 7. The minimum absolute atomic E-state index is 0.173. The van der Waals surface area contributed by atoms with Crippen LogP contribution in [-0.2, 0) is 11.3 Å². The van der Waals surface area contributed by atoms with Gasteiger partial charge in [-0.05, 0) is 74.6 Å². The number of aryl methyl sites for hydroxylation is 1. The van der Waals surface area contributed by atoms with E-state index < -0.39 is 0 Å². The van der Waals surface area contributed by atoms with E-state index in [1.54, 1.807) is 12.1 Å². The number of imide groups is 1. The highest BCUT2D eigenvalue weighted by molar-refractivity contribution is 8.18. The Labute approximate surface area is 182 Å². The number of para-hydroxylation sites is 2. The van der Waals surface area contributed by atoms with Crippen LogP contribution < -0.4 is 5.73 Å². The number of thioether (sulfide) groups is 1. The fourth-order valence-electron chi connectivity index (χ4n) is 3.21. The van der Waals surface area contributed by atoms with Gasteiger partial charge in [0.05, 0.1) is 15.9 Å². The molecule has 7 nitrogen and oxygen atoms in total. The summed E-state index contributed by atoms with van der Waals surface area (Å²) in [6, 6.07) is 11.4. The van der Waals surface area contributed by atoms with Crippen LogP contribution in [0.5, 0.6) is 0 Å². The lowest BCUT2D eigenvalue weighted by Crippen LogP contribution is -2.34. The Balaban J connectivity index is 1.57. The molecule has 1 fully saturated rings. The summed E-state index contributed by atoms with van der Waals surface area (Å²) in [6.45, 7) is 5.01. The highest BCUT2D eigenvalue weighted by Crippen LogP contribution is 2.36. The molecule has 1 saturated heterocycles. The average molecular weight is 443 g/mol. The van der Waals surface area contributed by atoms with Crippen LogP contribution in [0.15, 0.2) is 56.0 Å². The van der Waals surface area contributed by atoms with E-state index in [0.29, 0.717) is 22.3 Å². The van der Waals surface area contributed by atoms with Crippen LogP contribution in [0.4, 0.5) is 4.79 Å². The molecule has 30 heavy (non-hydrogen) atoms. The van der Waals surface area contributed by atoms with Crippen molar-refractivity contribution in [1.82, 2.24) is 14.5 Å². The Bertz CT molecular complexity index is 1130. The maximum absolute atomic E-state index is 12.4. The number of carbonyl (C=O) groups is 2. The molecule has 0 unspecified atom stereocenters. The van der Waals surface area contributed by atoms with Crippen LogP contribution in [0.25, 0.3) is 17.1 Å². The van der Waals surface area contributed by atoms with Crippen molar-refractivity contribution in [3.63, 3.8) is 0 Å². The molecule has 156 valence electrons. The molecule has 2 aromatic heterocycles. The molecule has 1 aromatic carbocycles. The van der Waals surface area contributed by atoms with Crippen LogP contribution in [0.1, 0.15) is 26.0 Å². The van der Waals surface area contributed by atoms with Crippen molar-refractivity contribution in [2.45, 2.75) is 43.1 Å². The number of hydrogen-bond donors (Lipinski definition) is 1. The number of benzene rings is 1. The monoisotopic (exact) mass is 442 g/mol. The van der Waals surface area contributed by atoms with Crippen molar-refractivity contribution in [2.75, 3.05) is 6.54 Å². The number of amides is 2. The molecule has 0 atom stereocenters. The quantitative estimate of drug-likeness (QED) is 0.535. The van der Waals surface area contributed by atoms with Gasteiger partial charge in [0.2, 0.25) is 0 Å². The highest BCUT2D eigenvalue weighted by Gasteiger charge is 2.36. The van der Waals surface area contributed by atoms with Crippen LogP contribution in [0, 0.1) is 0 Å². The summed E-state index contributed by atoms with van der Waals surface area (Å²) in [5.74, 6) is 0.241. The minimum Gasteiger partial charge on any atom is -0.450 e. The number of furan rings is 1. The third kappa shape index (κ3) is 4.05. The maximum Gasteiger partial charge on any atom is 0.293 e.